The Morgan fingerprint density at radius 2 is 1.94 bits per heavy atom. The molecule has 4 heteroatoms. The number of aromatic nitrogens is 2. The van der Waals surface area contributed by atoms with Crippen LogP contribution in [0, 0.1) is 0 Å². The van der Waals surface area contributed by atoms with E-state index in [4.69, 9.17) is 4.42 Å². The molecule has 2 heterocycles. The number of aromatic amines is 1. The molecule has 0 atom stereocenters. The Balaban J connectivity index is 2.37. The molecule has 1 N–H and O–H groups in total. The van der Waals surface area contributed by atoms with Gasteiger partial charge in [-0.1, -0.05) is 30.3 Å². The first kappa shape index (κ1) is 8.91. The Morgan fingerprint density at radius 1 is 1.12 bits per heavy atom. The van der Waals surface area contributed by atoms with E-state index >= 15 is 0 Å². The fourth-order valence-corrected chi connectivity index (χ4v) is 1.68. The maximum Gasteiger partial charge on any atom is 0.275 e. The van der Waals surface area contributed by atoms with Crippen LogP contribution in [0.25, 0.3) is 22.2 Å². The van der Waals surface area contributed by atoms with Gasteiger partial charge in [-0.2, -0.15) is 5.10 Å². The lowest BCUT2D eigenvalue weighted by Gasteiger charge is -1.99. The van der Waals surface area contributed by atoms with Gasteiger partial charge in [0.2, 0.25) is 0 Å². The van der Waals surface area contributed by atoms with Crippen LogP contribution in [0.2, 0.25) is 0 Å². The van der Waals surface area contributed by atoms with Crippen molar-refractivity contribution < 1.29 is 4.42 Å². The molecule has 0 aliphatic heterocycles. The molecule has 4 nitrogen and oxygen atoms in total. The lowest BCUT2D eigenvalue weighted by atomic mass is 10.1. The minimum atomic E-state index is -0.233. The second-order valence-electron chi connectivity index (χ2n) is 3.43. The zero-order valence-electron chi connectivity index (χ0n) is 8.31. The Kier molecular flexibility index (Phi) is 1.86. The lowest BCUT2D eigenvalue weighted by Crippen LogP contribution is -2.07. The highest BCUT2D eigenvalue weighted by atomic mass is 16.3. The van der Waals surface area contributed by atoms with Crippen LogP contribution in [0.5, 0.6) is 0 Å². The summed E-state index contributed by atoms with van der Waals surface area (Å²) in [6.07, 6.45) is 1.49. The summed E-state index contributed by atoms with van der Waals surface area (Å²) in [4.78, 5) is 11.4. The molecule has 3 aromatic rings. The average Bonchev–Trinajstić information content (AvgIpc) is 2.81. The summed E-state index contributed by atoms with van der Waals surface area (Å²) in [5, 5.41) is 7.00. The summed E-state index contributed by atoms with van der Waals surface area (Å²) in [6.45, 7) is 0. The van der Waals surface area contributed by atoms with E-state index in [2.05, 4.69) is 10.2 Å². The number of hydrogen-bond acceptors (Lipinski definition) is 3. The smallest absolute Gasteiger partial charge is 0.275 e. The Hall–Kier alpha value is -2.36. The fraction of sp³-hybridized carbons (Fsp3) is 0. The van der Waals surface area contributed by atoms with Crippen LogP contribution in [-0.4, -0.2) is 10.2 Å². The molecule has 0 bridgehead atoms. The number of nitrogens with one attached hydrogen (secondary N) is 1. The number of fused-ring (bicyclic) bond motifs is 1. The monoisotopic (exact) mass is 212 g/mol. The standard InChI is InChI=1S/C12H8N2O2/c15-12-9-6-7-16-11(9)10(13-14-12)8-4-2-1-3-5-8/h1-7H,(H,14,15). The second kappa shape index (κ2) is 3.34. The van der Waals surface area contributed by atoms with Gasteiger partial charge in [-0.25, -0.2) is 5.10 Å². The van der Waals surface area contributed by atoms with Crippen LogP contribution >= 0.6 is 0 Å². The number of rotatable bonds is 1. The molecule has 3 rings (SSSR count). The number of hydrogen-bond donors (Lipinski definition) is 1. The van der Waals surface area contributed by atoms with Crippen molar-refractivity contribution in [3.8, 4) is 11.3 Å². The highest BCUT2D eigenvalue weighted by molar-refractivity contribution is 5.88. The summed E-state index contributed by atoms with van der Waals surface area (Å²) in [5.74, 6) is 0. The summed E-state index contributed by atoms with van der Waals surface area (Å²) < 4.78 is 5.30. The predicted molar refractivity (Wildman–Crippen MR) is 60.1 cm³/mol. The molecule has 78 valence electrons. The van der Waals surface area contributed by atoms with E-state index in [1.165, 1.54) is 6.26 Å². The quantitative estimate of drug-likeness (QED) is 0.672. The third-order valence-electron chi connectivity index (χ3n) is 2.44. The molecule has 0 aliphatic rings. The molecule has 0 radical (unpaired) electrons. The first-order valence-electron chi connectivity index (χ1n) is 4.87. The minimum Gasteiger partial charge on any atom is -0.462 e. The van der Waals surface area contributed by atoms with Gasteiger partial charge >= 0.3 is 0 Å². The zero-order valence-corrected chi connectivity index (χ0v) is 8.31. The van der Waals surface area contributed by atoms with Crippen LogP contribution in [0.1, 0.15) is 0 Å². The van der Waals surface area contributed by atoms with Crippen LogP contribution in [-0.2, 0) is 0 Å². The fourth-order valence-electron chi connectivity index (χ4n) is 1.68. The van der Waals surface area contributed by atoms with E-state index in [9.17, 15) is 4.79 Å². The van der Waals surface area contributed by atoms with Crippen molar-refractivity contribution in [2.75, 3.05) is 0 Å². The predicted octanol–water partition coefficient (Wildman–Crippen LogP) is 2.18. The first-order valence-corrected chi connectivity index (χ1v) is 4.87. The maximum absolute atomic E-state index is 11.4. The van der Waals surface area contributed by atoms with Gasteiger partial charge in [-0.3, -0.25) is 4.79 Å². The molecule has 1 aromatic carbocycles. The van der Waals surface area contributed by atoms with Gasteiger partial charge in [0.25, 0.3) is 5.56 Å². The van der Waals surface area contributed by atoms with Crippen LogP contribution in [0.15, 0.2) is 51.9 Å². The van der Waals surface area contributed by atoms with Gasteiger partial charge in [0.1, 0.15) is 5.69 Å². The van der Waals surface area contributed by atoms with Crippen LogP contribution in [0.3, 0.4) is 0 Å². The van der Waals surface area contributed by atoms with Crippen molar-refractivity contribution in [2.45, 2.75) is 0 Å². The molecular weight excluding hydrogens is 204 g/mol. The number of H-pyrrole nitrogens is 1. The van der Waals surface area contributed by atoms with E-state index < -0.39 is 0 Å². The van der Waals surface area contributed by atoms with Gasteiger partial charge in [-0.15, -0.1) is 0 Å². The SMILES string of the molecule is O=c1[nH]nc(-c2ccccc2)c2occc12. The topological polar surface area (TPSA) is 58.9 Å². The van der Waals surface area contributed by atoms with Crippen LogP contribution < -0.4 is 5.56 Å². The summed E-state index contributed by atoms with van der Waals surface area (Å²) in [5.41, 5.74) is 1.86. The normalized spacial score (nSPS) is 10.8. The molecule has 0 saturated carbocycles. The van der Waals surface area contributed by atoms with Gasteiger partial charge in [0, 0.05) is 5.56 Å². The van der Waals surface area contributed by atoms with Gasteiger partial charge in [0.15, 0.2) is 5.58 Å². The largest absolute Gasteiger partial charge is 0.462 e. The van der Waals surface area contributed by atoms with Crippen molar-refractivity contribution in [3.63, 3.8) is 0 Å². The maximum atomic E-state index is 11.4. The molecule has 0 spiro atoms. The summed E-state index contributed by atoms with van der Waals surface area (Å²) in [7, 11) is 0. The summed E-state index contributed by atoms with van der Waals surface area (Å²) in [6, 6.07) is 11.2. The summed E-state index contributed by atoms with van der Waals surface area (Å²) >= 11 is 0. The number of furan rings is 1. The van der Waals surface area contributed by atoms with Gasteiger partial charge in [-0.05, 0) is 6.07 Å². The Morgan fingerprint density at radius 3 is 2.75 bits per heavy atom. The van der Waals surface area contributed by atoms with Gasteiger partial charge < -0.3 is 4.42 Å². The van der Waals surface area contributed by atoms with Crippen molar-refractivity contribution in [2.24, 2.45) is 0 Å². The third-order valence-corrected chi connectivity index (χ3v) is 2.44. The third kappa shape index (κ3) is 1.24. The minimum absolute atomic E-state index is 0.233. The van der Waals surface area contributed by atoms with E-state index in [0.717, 1.165) is 5.56 Å². The molecule has 0 saturated heterocycles. The van der Waals surface area contributed by atoms with Crippen molar-refractivity contribution in [1.82, 2.24) is 10.2 Å². The zero-order chi connectivity index (χ0) is 11.0. The molecule has 0 fully saturated rings. The molecule has 0 unspecified atom stereocenters. The molecule has 0 aliphatic carbocycles. The second-order valence-corrected chi connectivity index (χ2v) is 3.43. The van der Waals surface area contributed by atoms with E-state index in [1.807, 2.05) is 30.3 Å². The highest BCUT2D eigenvalue weighted by Crippen LogP contribution is 2.24. The van der Waals surface area contributed by atoms with E-state index in [-0.39, 0.29) is 5.56 Å². The number of benzene rings is 1. The lowest BCUT2D eigenvalue weighted by molar-refractivity contribution is 0.614. The number of nitrogens with zero attached hydrogens (tertiary/aromatic N) is 1. The molecule has 16 heavy (non-hydrogen) atoms. The van der Waals surface area contributed by atoms with Crippen LogP contribution in [0.4, 0.5) is 0 Å². The van der Waals surface area contributed by atoms with Crippen molar-refractivity contribution >= 4 is 11.0 Å². The van der Waals surface area contributed by atoms with E-state index in [0.29, 0.717) is 16.7 Å². The first-order chi connectivity index (χ1) is 7.86. The highest BCUT2D eigenvalue weighted by Gasteiger charge is 2.10. The molecule has 0 amide bonds. The Bertz CT molecular complexity index is 683. The molecular formula is C12H8N2O2. The average molecular weight is 212 g/mol. The Labute approximate surface area is 90.5 Å². The molecule has 2 aromatic heterocycles. The van der Waals surface area contributed by atoms with Crippen molar-refractivity contribution in [3.05, 3.63) is 53.0 Å². The van der Waals surface area contributed by atoms with Gasteiger partial charge in [0.05, 0.1) is 11.6 Å². The van der Waals surface area contributed by atoms with Crippen molar-refractivity contribution in [1.29, 1.82) is 0 Å². The van der Waals surface area contributed by atoms with E-state index in [1.54, 1.807) is 6.07 Å².